The maximum absolute atomic E-state index is 14.4. The standard InChI is InChI=1S/C42H53ClN4O9S2/c1-55-41(53)33-8-4-10-35-46(33)39(51)31(18-20-57-35)44-37(49)27(22-25-12-16-30(48)17-13-25)14-15-28(23-26-6-3-7-29(43)24-26)38(50)45-32-19-21-58-36-11-5-9-34(42(54)56-2)47(36)40(32)52/h3,6-7,12-13,16-17,24,27-28,31-36,48H,4-5,8-11,14-15,18-23H2,1-2H3,(H,44,49)(H,45,50). The molecule has 16 heteroatoms. The first-order chi connectivity index (χ1) is 28.0. The minimum Gasteiger partial charge on any atom is -0.508 e. The van der Waals surface area contributed by atoms with Crippen LogP contribution in [0.2, 0.25) is 5.02 Å². The summed E-state index contributed by atoms with van der Waals surface area (Å²) in [4.78, 5) is 85.7. The second kappa shape index (κ2) is 20.3. The van der Waals surface area contributed by atoms with Crippen LogP contribution < -0.4 is 10.6 Å². The molecule has 4 amide bonds. The van der Waals surface area contributed by atoms with Crippen LogP contribution >= 0.6 is 35.1 Å². The first-order valence-corrected chi connectivity index (χ1v) is 22.6. The minimum atomic E-state index is -0.852. The van der Waals surface area contributed by atoms with Crippen molar-refractivity contribution in [3.63, 3.8) is 0 Å². The van der Waals surface area contributed by atoms with Gasteiger partial charge in [-0.2, -0.15) is 0 Å². The van der Waals surface area contributed by atoms with Gasteiger partial charge in [0, 0.05) is 16.9 Å². The lowest BCUT2D eigenvalue weighted by Gasteiger charge is -2.40. The Balaban J connectivity index is 1.22. The van der Waals surface area contributed by atoms with E-state index in [4.69, 9.17) is 21.1 Å². The first kappa shape index (κ1) is 43.6. The van der Waals surface area contributed by atoms with E-state index in [9.17, 15) is 33.9 Å². The number of piperidine rings is 2. The third-order valence-corrected chi connectivity index (χ3v) is 14.5. The number of hydrogen-bond acceptors (Lipinski definition) is 11. The number of fused-ring (bicyclic) bond motifs is 2. The number of benzene rings is 2. The second-order valence-electron chi connectivity index (χ2n) is 15.5. The molecule has 8 atom stereocenters. The van der Waals surface area contributed by atoms with Crippen LogP contribution in [0.25, 0.3) is 0 Å². The highest BCUT2D eigenvalue weighted by Gasteiger charge is 2.45. The molecule has 4 saturated heterocycles. The third kappa shape index (κ3) is 10.6. The fourth-order valence-corrected chi connectivity index (χ4v) is 11.6. The number of hydrogen-bond donors (Lipinski definition) is 3. The summed E-state index contributed by atoms with van der Waals surface area (Å²) < 4.78 is 10.1. The van der Waals surface area contributed by atoms with Crippen molar-refractivity contribution in [1.82, 2.24) is 20.4 Å². The Labute approximate surface area is 353 Å². The molecule has 0 saturated carbocycles. The molecular weight excluding hydrogens is 804 g/mol. The summed E-state index contributed by atoms with van der Waals surface area (Å²) in [7, 11) is 2.63. The van der Waals surface area contributed by atoms with Crippen molar-refractivity contribution < 1.29 is 43.3 Å². The van der Waals surface area contributed by atoms with Gasteiger partial charge in [-0.25, -0.2) is 9.59 Å². The van der Waals surface area contributed by atoms with Crippen LogP contribution in [-0.4, -0.2) is 111 Å². The lowest BCUT2D eigenvalue weighted by Crippen LogP contribution is -2.58. The number of rotatable bonds is 13. The molecule has 2 aromatic carbocycles. The molecule has 2 aromatic rings. The number of carbonyl (C=O) groups excluding carboxylic acids is 6. The van der Waals surface area contributed by atoms with Crippen molar-refractivity contribution in [2.24, 2.45) is 11.8 Å². The van der Waals surface area contributed by atoms with E-state index in [1.807, 2.05) is 12.1 Å². The largest absolute Gasteiger partial charge is 0.508 e. The molecule has 0 aromatic heterocycles. The van der Waals surface area contributed by atoms with Crippen molar-refractivity contribution >= 4 is 70.7 Å². The van der Waals surface area contributed by atoms with Gasteiger partial charge >= 0.3 is 11.9 Å². The fourth-order valence-electron chi connectivity index (χ4n) is 8.60. The zero-order chi connectivity index (χ0) is 41.3. The highest BCUT2D eigenvalue weighted by molar-refractivity contribution is 8.00. The number of nitrogens with one attached hydrogen (secondary N) is 2. The maximum Gasteiger partial charge on any atom is 0.328 e. The molecular formula is C42H53ClN4O9S2. The summed E-state index contributed by atoms with van der Waals surface area (Å²) in [5.41, 5.74) is 1.60. The summed E-state index contributed by atoms with van der Waals surface area (Å²) >= 11 is 9.58. The van der Waals surface area contributed by atoms with E-state index in [1.165, 1.54) is 14.2 Å². The van der Waals surface area contributed by atoms with Gasteiger partial charge in [-0.15, -0.1) is 23.5 Å². The van der Waals surface area contributed by atoms with E-state index in [0.29, 0.717) is 42.2 Å². The van der Waals surface area contributed by atoms with Crippen molar-refractivity contribution in [3.05, 3.63) is 64.7 Å². The van der Waals surface area contributed by atoms with Crippen molar-refractivity contribution in [2.75, 3.05) is 25.7 Å². The van der Waals surface area contributed by atoms with Gasteiger partial charge in [-0.3, -0.25) is 19.2 Å². The van der Waals surface area contributed by atoms with Gasteiger partial charge in [-0.1, -0.05) is 35.9 Å². The average molecular weight is 857 g/mol. The number of aromatic hydroxyl groups is 1. The molecule has 3 N–H and O–H groups in total. The molecule has 4 fully saturated rings. The highest BCUT2D eigenvalue weighted by atomic mass is 35.5. The van der Waals surface area contributed by atoms with E-state index in [0.717, 1.165) is 36.8 Å². The van der Waals surface area contributed by atoms with Crippen molar-refractivity contribution in [2.45, 2.75) is 112 Å². The lowest BCUT2D eigenvalue weighted by atomic mass is 9.86. The van der Waals surface area contributed by atoms with E-state index < -0.39 is 47.9 Å². The quantitative estimate of drug-likeness (QED) is 0.236. The maximum atomic E-state index is 14.4. The summed E-state index contributed by atoms with van der Waals surface area (Å²) in [6.45, 7) is 0. The Morgan fingerprint density at radius 1 is 0.724 bits per heavy atom. The lowest BCUT2D eigenvalue weighted by molar-refractivity contribution is -0.156. The molecule has 4 aliphatic rings. The van der Waals surface area contributed by atoms with Crippen LogP contribution in [0.15, 0.2) is 48.5 Å². The van der Waals surface area contributed by atoms with E-state index in [-0.39, 0.29) is 65.8 Å². The Morgan fingerprint density at radius 3 is 1.67 bits per heavy atom. The van der Waals surface area contributed by atoms with Crippen LogP contribution in [0.3, 0.4) is 0 Å². The van der Waals surface area contributed by atoms with Gasteiger partial charge in [0.05, 0.1) is 25.0 Å². The number of nitrogens with zero attached hydrogens (tertiary/aromatic N) is 2. The van der Waals surface area contributed by atoms with Crippen LogP contribution in [0.4, 0.5) is 0 Å². The topological polar surface area (TPSA) is 172 Å². The van der Waals surface area contributed by atoms with E-state index in [1.54, 1.807) is 69.7 Å². The summed E-state index contributed by atoms with van der Waals surface area (Å²) in [6, 6.07) is 10.7. The zero-order valence-electron chi connectivity index (χ0n) is 32.9. The Bertz CT molecular complexity index is 1820. The molecule has 13 nitrogen and oxygen atoms in total. The van der Waals surface area contributed by atoms with Crippen molar-refractivity contribution in [3.8, 4) is 5.75 Å². The molecule has 6 rings (SSSR count). The molecule has 0 radical (unpaired) electrons. The number of methoxy groups -OCH3 is 2. The number of carbonyl (C=O) groups is 6. The minimum absolute atomic E-state index is 0.0843. The molecule has 0 aliphatic carbocycles. The normalized spacial score (nSPS) is 25.8. The summed E-state index contributed by atoms with van der Waals surface area (Å²) in [5, 5.41) is 16.2. The molecule has 8 unspecified atom stereocenters. The highest BCUT2D eigenvalue weighted by Crippen LogP contribution is 2.36. The van der Waals surface area contributed by atoms with Crippen LogP contribution in [0, 0.1) is 11.8 Å². The van der Waals surface area contributed by atoms with Crippen LogP contribution in [0.1, 0.15) is 75.3 Å². The molecule has 4 heterocycles. The predicted octanol–water partition coefficient (Wildman–Crippen LogP) is 4.85. The summed E-state index contributed by atoms with van der Waals surface area (Å²) in [5.74, 6) is -2.28. The Morgan fingerprint density at radius 2 is 1.21 bits per heavy atom. The molecule has 0 bridgehead atoms. The zero-order valence-corrected chi connectivity index (χ0v) is 35.3. The number of ether oxygens (including phenoxy) is 2. The molecule has 4 aliphatic heterocycles. The van der Waals surface area contributed by atoms with Crippen LogP contribution in [-0.2, 0) is 51.1 Å². The smallest absolute Gasteiger partial charge is 0.328 e. The Hall–Kier alpha value is -3.95. The number of thioether (sulfide) groups is 2. The van der Waals surface area contributed by atoms with Gasteiger partial charge in [0.1, 0.15) is 29.9 Å². The van der Waals surface area contributed by atoms with E-state index in [2.05, 4.69) is 10.6 Å². The fraction of sp³-hybridized carbons (Fsp3) is 0.571. The SMILES string of the molecule is COC(=O)C1CCCC2SCCC(NC(=O)C(CCC(Cc3cccc(Cl)c3)C(=O)NC3CCSC4CCCC(C(=O)OC)N4C3=O)Cc3ccc(O)cc3)C(=O)N21. The molecule has 314 valence electrons. The van der Waals surface area contributed by atoms with Gasteiger partial charge in [0.25, 0.3) is 0 Å². The molecule has 58 heavy (non-hydrogen) atoms. The second-order valence-corrected chi connectivity index (χ2v) is 18.5. The number of halogens is 1. The van der Waals surface area contributed by atoms with Gasteiger partial charge in [0.15, 0.2) is 0 Å². The summed E-state index contributed by atoms with van der Waals surface area (Å²) in [6.07, 6.45) is 5.93. The first-order valence-electron chi connectivity index (χ1n) is 20.1. The van der Waals surface area contributed by atoms with Gasteiger partial charge < -0.3 is 35.0 Å². The number of esters is 2. The van der Waals surface area contributed by atoms with Crippen molar-refractivity contribution in [1.29, 1.82) is 0 Å². The van der Waals surface area contributed by atoms with Gasteiger partial charge in [0.2, 0.25) is 23.6 Å². The average Bonchev–Trinajstić information content (AvgIpc) is 3.48. The van der Waals surface area contributed by atoms with Gasteiger partial charge in [-0.05, 0) is 124 Å². The monoisotopic (exact) mass is 856 g/mol. The number of amides is 4. The van der Waals surface area contributed by atoms with E-state index >= 15 is 0 Å². The van der Waals surface area contributed by atoms with Crippen LogP contribution in [0.5, 0.6) is 5.75 Å². The Kier molecular flexibility index (Phi) is 15.3. The number of phenolic OH excluding ortho intramolecular Hbond substituents is 1. The molecule has 0 spiro atoms. The third-order valence-electron chi connectivity index (χ3n) is 11.7. The predicted molar refractivity (Wildman–Crippen MR) is 222 cm³/mol. The number of phenols is 1.